The van der Waals surface area contributed by atoms with E-state index in [2.05, 4.69) is 15.3 Å². The van der Waals surface area contributed by atoms with E-state index in [9.17, 15) is 14.0 Å². The Labute approximate surface area is 236 Å². The molecule has 6 rings (SSSR count). The number of hydrogen-bond acceptors (Lipinski definition) is 6. The van der Waals surface area contributed by atoms with Gasteiger partial charge in [-0.05, 0) is 42.5 Å². The summed E-state index contributed by atoms with van der Waals surface area (Å²) in [7, 11) is 3.40. The van der Waals surface area contributed by atoms with Crippen LogP contribution < -0.4 is 20.5 Å². The maximum absolute atomic E-state index is 14.2. The lowest BCUT2D eigenvalue weighted by molar-refractivity contribution is 0.0943. The van der Waals surface area contributed by atoms with Gasteiger partial charge in [-0.25, -0.2) is 4.39 Å². The molecular weight excluding hydrogens is 523 g/mol. The fourth-order valence-corrected chi connectivity index (χ4v) is 5.57. The van der Waals surface area contributed by atoms with Crippen LogP contribution in [0.25, 0.3) is 27.5 Å². The van der Waals surface area contributed by atoms with Crippen molar-refractivity contribution in [2.24, 2.45) is 7.05 Å². The van der Waals surface area contributed by atoms with Crippen LogP contribution in [0.3, 0.4) is 0 Å². The van der Waals surface area contributed by atoms with Gasteiger partial charge in [-0.3, -0.25) is 14.5 Å². The smallest absolute Gasteiger partial charge is 0.296 e. The molecule has 0 aliphatic carbocycles. The molecular formula is C31H31FN6O3. The molecule has 5 aromatic rings. The molecule has 10 heteroatoms. The number of halogens is 1. The summed E-state index contributed by atoms with van der Waals surface area (Å²) in [4.78, 5) is 31.6. The number of benzene rings is 3. The number of para-hydroxylation sites is 2. The largest absolute Gasteiger partial charge is 0.497 e. The monoisotopic (exact) mass is 554 g/mol. The van der Waals surface area contributed by atoms with Gasteiger partial charge in [0.2, 0.25) is 0 Å². The van der Waals surface area contributed by atoms with E-state index >= 15 is 0 Å². The van der Waals surface area contributed by atoms with E-state index in [-0.39, 0.29) is 23.0 Å². The molecule has 0 saturated carbocycles. The van der Waals surface area contributed by atoms with Crippen molar-refractivity contribution in [1.29, 1.82) is 0 Å². The molecule has 0 atom stereocenters. The molecule has 41 heavy (non-hydrogen) atoms. The molecule has 1 aliphatic heterocycles. The van der Waals surface area contributed by atoms with Crippen molar-refractivity contribution in [3.8, 4) is 11.4 Å². The van der Waals surface area contributed by atoms with Crippen LogP contribution in [0, 0.1) is 5.82 Å². The van der Waals surface area contributed by atoms with Gasteiger partial charge in [-0.15, -0.1) is 0 Å². The minimum absolute atomic E-state index is 0.191. The Morgan fingerprint density at radius 3 is 2.41 bits per heavy atom. The zero-order valence-corrected chi connectivity index (χ0v) is 23.0. The quantitative estimate of drug-likeness (QED) is 0.331. The molecule has 3 aromatic carbocycles. The number of hydrogen-bond donors (Lipinski definition) is 1. The summed E-state index contributed by atoms with van der Waals surface area (Å²) in [5.74, 6) is 0.0928. The third-order valence-electron chi connectivity index (χ3n) is 7.75. The van der Waals surface area contributed by atoms with Crippen LogP contribution in [0.1, 0.15) is 10.5 Å². The van der Waals surface area contributed by atoms with Crippen LogP contribution >= 0.6 is 0 Å². The van der Waals surface area contributed by atoms with Gasteiger partial charge in [-0.2, -0.15) is 9.78 Å². The number of anilines is 1. The molecule has 0 radical (unpaired) electrons. The number of rotatable bonds is 7. The lowest BCUT2D eigenvalue weighted by Gasteiger charge is -2.36. The minimum atomic E-state index is -0.349. The summed E-state index contributed by atoms with van der Waals surface area (Å²) < 4.78 is 22.5. The summed E-state index contributed by atoms with van der Waals surface area (Å²) >= 11 is 0. The first kappa shape index (κ1) is 26.5. The number of carbonyl (C=O) groups excluding carboxylic acids is 1. The van der Waals surface area contributed by atoms with Gasteiger partial charge < -0.3 is 19.5 Å². The zero-order valence-electron chi connectivity index (χ0n) is 23.0. The first-order valence-corrected chi connectivity index (χ1v) is 13.6. The minimum Gasteiger partial charge on any atom is -0.497 e. The van der Waals surface area contributed by atoms with Gasteiger partial charge in [0, 0.05) is 62.6 Å². The molecule has 1 amide bonds. The number of methoxy groups -OCH3 is 1. The van der Waals surface area contributed by atoms with E-state index in [0.29, 0.717) is 54.2 Å². The molecule has 3 heterocycles. The molecule has 210 valence electrons. The number of aryl methyl sites for hydroxylation is 1. The molecule has 9 nitrogen and oxygen atoms in total. The first-order chi connectivity index (χ1) is 20.0. The second kappa shape index (κ2) is 11.1. The molecule has 2 aromatic heterocycles. The maximum Gasteiger partial charge on any atom is 0.296 e. The van der Waals surface area contributed by atoms with E-state index in [1.165, 1.54) is 10.7 Å². The second-order valence-electron chi connectivity index (χ2n) is 10.1. The summed E-state index contributed by atoms with van der Waals surface area (Å²) in [6, 6.07) is 21.4. The number of carbonyl (C=O) groups is 1. The highest BCUT2D eigenvalue weighted by Gasteiger charge is 2.24. The number of piperazine rings is 1. The molecule has 0 bridgehead atoms. The van der Waals surface area contributed by atoms with Crippen molar-refractivity contribution < 1.29 is 13.9 Å². The van der Waals surface area contributed by atoms with Crippen molar-refractivity contribution in [2.75, 3.05) is 51.3 Å². The molecule has 0 unspecified atom stereocenters. The Bertz CT molecular complexity index is 1790. The Hall–Kier alpha value is -4.70. The molecule has 1 N–H and O–H groups in total. The van der Waals surface area contributed by atoms with Crippen molar-refractivity contribution in [3.63, 3.8) is 0 Å². The summed E-state index contributed by atoms with van der Waals surface area (Å²) in [6.07, 6.45) is 0. The normalized spacial score (nSPS) is 14.1. The lowest BCUT2D eigenvalue weighted by Crippen LogP contribution is -2.48. The Kier molecular flexibility index (Phi) is 7.15. The number of nitrogens with one attached hydrogen (secondary N) is 1. The van der Waals surface area contributed by atoms with Gasteiger partial charge in [0.15, 0.2) is 5.69 Å². The summed E-state index contributed by atoms with van der Waals surface area (Å²) in [5.41, 5.74) is 2.29. The van der Waals surface area contributed by atoms with Crippen LogP contribution in [0.2, 0.25) is 0 Å². The number of nitrogens with zero attached hydrogens (tertiary/aromatic N) is 5. The Morgan fingerprint density at radius 1 is 0.976 bits per heavy atom. The number of amides is 1. The van der Waals surface area contributed by atoms with Gasteiger partial charge in [0.1, 0.15) is 17.1 Å². The van der Waals surface area contributed by atoms with Gasteiger partial charge >= 0.3 is 0 Å². The fourth-order valence-electron chi connectivity index (χ4n) is 5.57. The van der Waals surface area contributed by atoms with Gasteiger partial charge in [0.05, 0.1) is 18.5 Å². The van der Waals surface area contributed by atoms with Crippen molar-refractivity contribution in [2.45, 2.75) is 0 Å². The third kappa shape index (κ3) is 4.91. The highest BCUT2D eigenvalue weighted by Crippen LogP contribution is 2.28. The van der Waals surface area contributed by atoms with Crippen LogP contribution in [0.15, 0.2) is 77.6 Å². The summed E-state index contributed by atoms with van der Waals surface area (Å²) in [5, 5.41) is 8.94. The van der Waals surface area contributed by atoms with Crippen molar-refractivity contribution >= 4 is 33.4 Å². The van der Waals surface area contributed by atoms with Crippen LogP contribution in [-0.2, 0) is 7.05 Å². The maximum atomic E-state index is 14.2. The van der Waals surface area contributed by atoms with Crippen LogP contribution in [0.4, 0.5) is 10.1 Å². The van der Waals surface area contributed by atoms with E-state index in [4.69, 9.17) is 4.74 Å². The molecule has 1 fully saturated rings. The lowest BCUT2D eigenvalue weighted by atomic mass is 10.1. The van der Waals surface area contributed by atoms with Gasteiger partial charge in [-0.1, -0.05) is 30.3 Å². The van der Waals surface area contributed by atoms with E-state index in [0.717, 1.165) is 24.0 Å². The topological polar surface area (TPSA) is 84.6 Å². The number of fused-ring (bicyclic) bond motifs is 3. The highest BCUT2D eigenvalue weighted by molar-refractivity contribution is 6.16. The molecule has 1 aliphatic rings. The number of aromatic nitrogens is 3. The van der Waals surface area contributed by atoms with Crippen LogP contribution in [0.5, 0.6) is 5.75 Å². The predicted molar refractivity (Wildman–Crippen MR) is 158 cm³/mol. The standard InChI is InChI=1S/C31H31FN6O3/c1-35-25-9-5-3-7-23(25)27-28(34-38(31(40)29(27)35)21-11-13-22(41-2)14-12-21)30(39)33-15-16-36-17-19-37(20-18-36)26-10-6-4-8-24(26)32/h3-14H,15-20H2,1-2H3,(H,33,39). The van der Waals surface area contributed by atoms with E-state index in [1.54, 1.807) is 43.5 Å². The zero-order chi connectivity index (χ0) is 28.5. The Balaban J connectivity index is 1.25. The van der Waals surface area contributed by atoms with Crippen molar-refractivity contribution in [3.05, 3.63) is 94.7 Å². The van der Waals surface area contributed by atoms with Gasteiger partial charge in [0.25, 0.3) is 11.5 Å². The SMILES string of the molecule is COc1ccc(-n2nc(C(=O)NCCN3CCN(c4ccccc4F)CC3)c3c4ccccc4n(C)c3c2=O)cc1. The molecule has 1 saturated heterocycles. The molecule has 0 spiro atoms. The van der Waals surface area contributed by atoms with E-state index < -0.39 is 0 Å². The average Bonchev–Trinajstić information content (AvgIpc) is 3.31. The fraction of sp³-hybridized carbons (Fsp3) is 0.258. The number of ether oxygens (including phenoxy) is 1. The third-order valence-corrected chi connectivity index (χ3v) is 7.75. The van der Waals surface area contributed by atoms with Crippen molar-refractivity contribution in [1.82, 2.24) is 24.6 Å². The van der Waals surface area contributed by atoms with Crippen LogP contribution in [-0.4, -0.2) is 71.5 Å². The highest BCUT2D eigenvalue weighted by atomic mass is 19.1. The first-order valence-electron chi connectivity index (χ1n) is 13.6. The second-order valence-corrected chi connectivity index (χ2v) is 10.1. The van der Waals surface area contributed by atoms with E-state index in [1.807, 2.05) is 46.8 Å². The predicted octanol–water partition coefficient (Wildman–Crippen LogP) is 3.58. The average molecular weight is 555 g/mol. The Morgan fingerprint density at radius 2 is 1.68 bits per heavy atom. The summed E-state index contributed by atoms with van der Waals surface area (Å²) in [6.45, 7) is 4.00.